The normalized spacial score (nSPS) is 18.4. The molecule has 4 heteroatoms. The molecule has 0 bridgehead atoms. The third-order valence-corrected chi connectivity index (χ3v) is 3.69. The van der Waals surface area contributed by atoms with E-state index in [9.17, 15) is 4.79 Å². The van der Waals surface area contributed by atoms with Crippen LogP contribution in [0.1, 0.15) is 46.5 Å². The predicted molar refractivity (Wildman–Crippen MR) is 78.2 cm³/mol. The number of nitrogens with zero attached hydrogens (tertiary/aromatic N) is 1. The fourth-order valence-corrected chi connectivity index (χ4v) is 2.48. The summed E-state index contributed by atoms with van der Waals surface area (Å²) >= 11 is 0. The lowest BCUT2D eigenvalue weighted by Crippen LogP contribution is -2.58. The smallest absolute Gasteiger partial charge is 0.327 e. The molecule has 1 saturated carbocycles. The van der Waals surface area contributed by atoms with Crippen molar-refractivity contribution in [1.82, 2.24) is 10.2 Å². The van der Waals surface area contributed by atoms with Crippen molar-refractivity contribution in [2.75, 3.05) is 33.3 Å². The molecule has 0 aromatic carbocycles. The van der Waals surface area contributed by atoms with Crippen LogP contribution in [0.15, 0.2) is 0 Å². The topological polar surface area (TPSA) is 41.6 Å². The van der Waals surface area contributed by atoms with E-state index in [4.69, 9.17) is 4.74 Å². The third-order valence-electron chi connectivity index (χ3n) is 3.69. The molecule has 1 rings (SSSR count). The zero-order valence-electron chi connectivity index (χ0n) is 13.0. The SMILES string of the molecule is CCCNC(C)(CN(CCC)CC1CC1)C(=O)OC. The number of nitrogens with one attached hydrogen (secondary N) is 1. The maximum atomic E-state index is 12.1. The van der Waals surface area contributed by atoms with Crippen LogP contribution in [0.25, 0.3) is 0 Å². The molecule has 19 heavy (non-hydrogen) atoms. The van der Waals surface area contributed by atoms with Crippen LogP contribution in [0.4, 0.5) is 0 Å². The third kappa shape index (κ3) is 5.49. The van der Waals surface area contributed by atoms with Crippen LogP contribution in [0.3, 0.4) is 0 Å². The zero-order chi connectivity index (χ0) is 14.3. The summed E-state index contributed by atoms with van der Waals surface area (Å²) in [6.45, 7) is 10.0. The number of hydrogen-bond donors (Lipinski definition) is 1. The molecule has 4 nitrogen and oxygen atoms in total. The highest BCUT2D eigenvalue weighted by Crippen LogP contribution is 2.30. The largest absolute Gasteiger partial charge is 0.468 e. The Morgan fingerprint density at radius 1 is 1.37 bits per heavy atom. The lowest BCUT2D eigenvalue weighted by molar-refractivity contribution is -0.148. The summed E-state index contributed by atoms with van der Waals surface area (Å²) in [7, 11) is 1.47. The molecular weight excluding hydrogens is 240 g/mol. The molecule has 1 unspecified atom stereocenters. The number of hydrogen-bond acceptors (Lipinski definition) is 4. The lowest BCUT2D eigenvalue weighted by atomic mass is 10.0. The predicted octanol–water partition coefficient (Wildman–Crippen LogP) is 2.04. The summed E-state index contributed by atoms with van der Waals surface area (Å²) in [5.74, 6) is 0.692. The highest BCUT2D eigenvalue weighted by molar-refractivity contribution is 5.80. The summed E-state index contributed by atoms with van der Waals surface area (Å²) in [5.41, 5.74) is -0.588. The number of ether oxygens (including phenoxy) is 1. The van der Waals surface area contributed by atoms with Crippen molar-refractivity contribution in [3.8, 4) is 0 Å². The van der Waals surface area contributed by atoms with Crippen molar-refractivity contribution in [3.63, 3.8) is 0 Å². The maximum Gasteiger partial charge on any atom is 0.327 e. The van der Waals surface area contributed by atoms with E-state index in [2.05, 4.69) is 24.1 Å². The molecular formula is C15H30N2O2. The molecule has 1 fully saturated rings. The Hall–Kier alpha value is -0.610. The molecule has 0 saturated heterocycles. The van der Waals surface area contributed by atoms with Crippen LogP contribution in [0.5, 0.6) is 0 Å². The van der Waals surface area contributed by atoms with Crippen molar-refractivity contribution in [2.24, 2.45) is 5.92 Å². The van der Waals surface area contributed by atoms with Gasteiger partial charge in [0, 0.05) is 13.1 Å². The first-order valence-corrected chi connectivity index (χ1v) is 7.61. The standard InChI is InChI=1S/C15H30N2O2/c1-5-9-16-15(3,14(18)19-4)12-17(10-6-2)11-13-7-8-13/h13,16H,5-12H2,1-4H3. The summed E-state index contributed by atoms with van der Waals surface area (Å²) in [6.07, 6.45) is 4.83. The van der Waals surface area contributed by atoms with E-state index in [1.54, 1.807) is 0 Å². The molecule has 0 spiro atoms. The first-order valence-electron chi connectivity index (χ1n) is 7.61. The summed E-state index contributed by atoms with van der Waals surface area (Å²) < 4.78 is 4.98. The molecule has 112 valence electrons. The van der Waals surface area contributed by atoms with Crippen molar-refractivity contribution >= 4 is 5.97 Å². The summed E-state index contributed by atoms with van der Waals surface area (Å²) in [6, 6.07) is 0. The Balaban J connectivity index is 2.62. The second-order valence-corrected chi connectivity index (χ2v) is 5.93. The maximum absolute atomic E-state index is 12.1. The Morgan fingerprint density at radius 3 is 2.53 bits per heavy atom. The fraction of sp³-hybridized carbons (Fsp3) is 0.933. The van der Waals surface area contributed by atoms with Crippen molar-refractivity contribution < 1.29 is 9.53 Å². The molecule has 0 aromatic rings. The van der Waals surface area contributed by atoms with Crippen LogP contribution in [-0.2, 0) is 9.53 Å². The van der Waals surface area contributed by atoms with Crippen LogP contribution in [0, 0.1) is 5.92 Å². The number of methoxy groups -OCH3 is 1. The van der Waals surface area contributed by atoms with Crippen LogP contribution < -0.4 is 5.32 Å². The Morgan fingerprint density at radius 2 is 2.05 bits per heavy atom. The molecule has 0 aliphatic heterocycles. The highest BCUT2D eigenvalue weighted by atomic mass is 16.5. The first-order chi connectivity index (χ1) is 9.05. The van der Waals surface area contributed by atoms with Gasteiger partial charge in [-0.05, 0) is 51.6 Å². The Kier molecular flexibility index (Phi) is 6.80. The highest BCUT2D eigenvalue weighted by Gasteiger charge is 2.36. The van der Waals surface area contributed by atoms with Crippen molar-refractivity contribution in [2.45, 2.75) is 52.0 Å². The summed E-state index contributed by atoms with van der Waals surface area (Å²) in [4.78, 5) is 14.5. The fourth-order valence-electron chi connectivity index (χ4n) is 2.48. The summed E-state index contributed by atoms with van der Waals surface area (Å²) in [5, 5.41) is 3.36. The van der Waals surface area contributed by atoms with Gasteiger partial charge in [-0.3, -0.25) is 4.79 Å². The van der Waals surface area contributed by atoms with Crippen LogP contribution in [-0.4, -0.2) is 49.7 Å². The van der Waals surface area contributed by atoms with Gasteiger partial charge < -0.3 is 15.0 Å². The van der Waals surface area contributed by atoms with E-state index in [0.29, 0.717) is 0 Å². The number of carbonyl (C=O) groups excluding carboxylic acids is 1. The first kappa shape index (κ1) is 16.4. The minimum atomic E-state index is -0.588. The molecule has 1 N–H and O–H groups in total. The molecule has 1 aliphatic rings. The second kappa shape index (κ2) is 7.85. The van der Waals surface area contributed by atoms with Gasteiger partial charge in [-0.1, -0.05) is 13.8 Å². The van der Waals surface area contributed by atoms with Gasteiger partial charge in [0.15, 0.2) is 0 Å². The second-order valence-electron chi connectivity index (χ2n) is 5.93. The number of rotatable bonds is 10. The van der Waals surface area contributed by atoms with E-state index in [0.717, 1.165) is 44.9 Å². The van der Waals surface area contributed by atoms with Crippen molar-refractivity contribution in [1.29, 1.82) is 0 Å². The van der Waals surface area contributed by atoms with Gasteiger partial charge in [0.1, 0.15) is 5.54 Å². The molecule has 0 amide bonds. The van der Waals surface area contributed by atoms with E-state index < -0.39 is 5.54 Å². The molecule has 1 atom stereocenters. The average molecular weight is 270 g/mol. The number of esters is 1. The number of carbonyl (C=O) groups is 1. The quantitative estimate of drug-likeness (QED) is 0.617. The van der Waals surface area contributed by atoms with Gasteiger partial charge in [0.2, 0.25) is 0 Å². The minimum absolute atomic E-state index is 0.155. The lowest BCUT2D eigenvalue weighted by Gasteiger charge is -2.34. The molecule has 1 aliphatic carbocycles. The van der Waals surface area contributed by atoms with Gasteiger partial charge in [0.25, 0.3) is 0 Å². The monoisotopic (exact) mass is 270 g/mol. The molecule has 0 radical (unpaired) electrons. The van der Waals surface area contributed by atoms with E-state index in [1.807, 2.05) is 6.92 Å². The van der Waals surface area contributed by atoms with Gasteiger partial charge in [-0.15, -0.1) is 0 Å². The van der Waals surface area contributed by atoms with E-state index in [-0.39, 0.29) is 5.97 Å². The molecule has 0 heterocycles. The molecule has 0 aromatic heterocycles. The van der Waals surface area contributed by atoms with E-state index >= 15 is 0 Å². The Labute approximate surface area is 117 Å². The van der Waals surface area contributed by atoms with Gasteiger partial charge in [0.05, 0.1) is 7.11 Å². The van der Waals surface area contributed by atoms with Crippen LogP contribution in [0.2, 0.25) is 0 Å². The van der Waals surface area contributed by atoms with E-state index in [1.165, 1.54) is 20.0 Å². The van der Waals surface area contributed by atoms with Crippen LogP contribution >= 0.6 is 0 Å². The van der Waals surface area contributed by atoms with Gasteiger partial charge in [-0.25, -0.2) is 0 Å². The minimum Gasteiger partial charge on any atom is -0.468 e. The average Bonchev–Trinajstić information content (AvgIpc) is 3.19. The Bertz CT molecular complexity index is 279. The van der Waals surface area contributed by atoms with Crippen molar-refractivity contribution in [3.05, 3.63) is 0 Å². The zero-order valence-corrected chi connectivity index (χ0v) is 13.0. The van der Waals surface area contributed by atoms with Gasteiger partial charge >= 0.3 is 5.97 Å². The van der Waals surface area contributed by atoms with Gasteiger partial charge in [-0.2, -0.15) is 0 Å².